The summed E-state index contributed by atoms with van der Waals surface area (Å²) in [4.78, 5) is 36.2. The summed E-state index contributed by atoms with van der Waals surface area (Å²) in [6.07, 6.45) is 6.79. The molecule has 0 radical (unpaired) electrons. The average molecular weight is 491 g/mol. The van der Waals surface area contributed by atoms with Crippen molar-refractivity contribution >= 4 is 51.7 Å². The third-order valence-electron chi connectivity index (χ3n) is 6.41. The first kappa shape index (κ1) is 22.8. The second-order valence-electron chi connectivity index (χ2n) is 8.77. The summed E-state index contributed by atoms with van der Waals surface area (Å²) in [5.74, 6) is 0.472. The molecule has 0 saturated carbocycles. The van der Waals surface area contributed by atoms with E-state index in [0.29, 0.717) is 26.3 Å². The SMILES string of the molecule is Cc1ccc2nc(N3CCCCC3)c(/C=C3/SC(=S)N([C@H](C)c4ccccc4)C3=O)c(=O)n2c1. The summed E-state index contributed by atoms with van der Waals surface area (Å²) < 4.78 is 2.07. The predicted molar refractivity (Wildman–Crippen MR) is 142 cm³/mol. The molecule has 4 heterocycles. The van der Waals surface area contributed by atoms with Crippen molar-refractivity contribution in [3.63, 3.8) is 0 Å². The highest BCUT2D eigenvalue weighted by Crippen LogP contribution is 2.38. The fourth-order valence-corrected chi connectivity index (χ4v) is 5.95. The molecular formula is C26H26N4O2S2. The van der Waals surface area contributed by atoms with E-state index in [9.17, 15) is 9.59 Å². The van der Waals surface area contributed by atoms with Gasteiger partial charge in [-0.1, -0.05) is 60.4 Å². The second kappa shape index (κ2) is 9.35. The van der Waals surface area contributed by atoms with E-state index < -0.39 is 0 Å². The first-order chi connectivity index (χ1) is 16.4. The lowest BCUT2D eigenvalue weighted by Gasteiger charge is -2.29. The largest absolute Gasteiger partial charge is 0.356 e. The molecule has 2 saturated heterocycles. The van der Waals surface area contributed by atoms with Crippen LogP contribution in [0.25, 0.3) is 11.7 Å². The van der Waals surface area contributed by atoms with Crippen molar-refractivity contribution in [1.29, 1.82) is 0 Å². The molecule has 8 heteroatoms. The fourth-order valence-electron chi connectivity index (χ4n) is 4.55. The number of aryl methyl sites for hydroxylation is 1. The molecule has 0 N–H and O–H groups in total. The Hall–Kier alpha value is -2.97. The number of thiocarbonyl (C=S) groups is 1. The number of benzene rings is 1. The Morgan fingerprint density at radius 1 is 1.06 bits per heavy atom. The fraction of sp³-hybridized carbons (Fsp3) is 0.308. The van der Waals surface area contributed by atoms with Gasteiger partial charge in [0, 0.05) is 19.3 Å². The van der Waals surface area contributed by atoms with Crippen LogP contribution in [-0.4, -0.2) is 37.6 Å². The van der Waals surface area contributed by atoms with Crippen molar-refractivity contribution in [3.05, 3.63) is 80.6 Å². The molecular weight excluding hydrogens is 464 g/mol. The van der Waals surface area contributed by atoms with Crippen LogP contribution in [0.3, 0.4) is 0 Å². The standard InChI is InChI=1S/C26H26N4O2S2/c1-17-11-12-22-27-23(28-13-7-4-8-14-28)20(24(31)29(22)16-17)15-21-25(32)30(26(33)34-21)18(2)19-9-5-3-6-10-19/h3,5-6,9-12,15-16,18H,4,7-8,13-14H2,1-2H3/b21-15+/t18-/m1/s1. The molecule has 34 heavy (non-hydrogen) atoms. The van der Waals surface area contributed by atoms with E-state index in [4.69, 9.17) is 17.2 Å². The monoisotopic (exact) mass is 490 g/mol. The summed E-state index contributed by atoms with van der Waals surface area (Å²) in [7, 11) is 0. The third kappa shape index (κ3) is 4.16. The van der Waals surface area contributed by atoms with Crippen molar-refractivity contribution < 1.29 is 4.79 Å². The topological polar surface area (TPSA) is 57.9 Å². The minimum Gasteiger partial charge on any atom is -0.356 e. The van der Waals surface area contributed by atoms with Crippen molar-refractivity contribution in [2.75, 3.05) is 18.0 Å². The number of hydrogen-bond donors (Lipinski definition) is 0. The number of rotatable bonds is 4. The zero-order valence-electron chi connectivity index (χ0n) is 19.2. The van der Waals surface area contributed by atoms with Gasteiger partial charge >= 0.3 is 0 Å². The van der Waals surface area contributed by atoms with Gasteiger partial charge in [-0.25, -0.2) is 4.98 Å². The summed E-state index contributed by atoms with van der Waals surface area (Å²) >= 11 is 6.84. The molecule has 1 atom stereocenters. The lowest BCUT2D eigenvalue weighted by atomic mass is 10.1. The molecule has 0 unspecified atom stereocenters. The van der Waals surface area contributed by atoms with Crippen LogP contribution in [0.1, 0.15) is 48.9 Å². The molecule has 2 aliphatic heterocycles. The maximum absolute atomic E-state index is 13.6. The highest BCUT2D eigenvalue weighted by atomic mass is 32.2. The van der Waals surface area contributed by atoms with Gasteiger partial charge in [-0.15, -0.1) is 0 Å². The van der Waals surface area contributed by atoms with Crippen LogP contribution in [0.2, 0.25) is 0 Å². The van der Waals surface area contributed by atoms with Gasteiger partial charge in [0.15, 0.2) is 0 Å². The molecule has 1 aromatic carbocycles. The molecule has 5 rings (SSSR count). The zero-order chi connectivity index (χ0) is 23.8. The normalized spacial score (nSPS) is 18.8. The third-order valence-corrected chi connectivity index (χ3v) is 7.74. The van der Waals surface area contributed by atoms with Gasteiger partial charge in [0.1, 0.15) is 15.8 Å². The average Bonchev–Trinajstić information content (AvgIpc) is 3.14. The van der Waals surface area contributed by atoms with E-state index in [1.165, 1.54) is 18.2 Å². The number of carbonyl (C=O) groups is 1. The van der Waals surface area contributed by atoms with Crippen LogP contribution in [0.5, 0.6) is 0 Å². The van der Waals surface area contributed by atoms with Crippen molar-refractivity contribution in [2.45, 2.75) is 39.2 Å². The predicted octanol–water partition coefficient (Wildman–Crippen LogP) is 4.96. The number of hydrogen-bond acceptors (Lipinski definition) is 6. The van der Waals surface area contributed by atoms with Gasteiger partial charge in [-0.2, -0.15) is 0 Å². The number of pyridine rings is 1. The Kier molecular flexibility index (Phi) is 6.27. The quantitative estimate of drug-likeness (QED) is 0.381. The van der Waals surface area contributed by atoms with Gasteiger partial charge < -0.3 is 4.90 Å². The van der Waals surface area contributed by atoms with Crippen LogP contribution >= 0.6 is 24.0 Å². The Labute approximate surface area is 208 Å². The van der Waals surface area contributed by atoms with Gasteiger partial charge in [-0.3, -0.25) is 18.9 Å². The van der Waals surface area contributed by atoms with E-state index in [1.54, 1.807) is 21.6 Å². The van der Waals surface area contributed by atoms with Crippen molar-refractivity contribution in [3.8, 4) is 0 Å². The van der Waals surface area contributed by atoms with Crippen molar-refractivity contribution in [1.82, 2.24) is 14.3 Å². The molecule has 0 spiro atoms. The van der Waals surface area contributed by atoms with Crippen LogP contribution in [0.15, 0.2) is 58.4 Å². The number of anilines is 1. The first-order valence-corrected chi connectivity index (χ1v) is 12.8. The van der Waals surface area contributed by atoms with E-state index in [1.807, 2.05) is 56.3 Å². The molecule has 174 valence electrons. The molecule has 2 aliphatic rings. The maximum Gasteiger partial charge on any atom is 0.267 e. The molecule has 2 fully saturated rings. The molecule has 2 aromatic heterocycles. The Bertz CT molecular complexity index is 1360. The van der Waals surface area contributed by atoms with Gasteiger partial charge in [0.2, 0.25) is 0 Å². The Balaban J connectivity index is 1.60. The number of carbonyl (C=O) groups excluding carboxylic acids is 1. The number of fused-ring (bicyclic) bond motifs is 1. The Morgan fingerprint density at radius 3 is 2.53 bits per heavy atom. The highest BCUT2D eigenvalue weighted by Gasteiger charge is 2.36. The maximum atomic E-state index is 13.6. The van der Waals surface area contributed by atoms with Crippen LogP contribution < -0.4 is 10.5 Å². The smallest absolute Gasteiger partial charge is 0.267 e. The highest BCUT2D eigenvalue weighted by molar-refractivity contribution is 8.26. The van der Waals surface area contributed by atoms with Gasteiger partial charge in [0.05, 0.1) is 16.5 Å². The van der Waals surface area contributed by atoms with Crippen LogP contribution in [0, 0.1) is 6.92 Å². The lowest BCUT2D eigenvalue weighted by molar-refractivity contribution is -0.123. The summed E-state index contributed by atoms with van der Waals surface area (Å²) in [5, 5.41) is 0. The molecule has 1 amide bonds. The zero-order valence-corrected chi connectivity index (χ0v) is 20.9. The molecule has 0 bridgehead atoms. The van der Waals surface area contributed by atoms with Gasteiger partial charge in [-0.05, 0) is 56.4 Å². The molecule has 6 nitrogen and oxygen atoms in total. The van der Waals surface area contributed by atoms with E-state index >= 15 is 0 Å². The summed E-state index contributed by atoms with van der Waals surface area (Å²) in [6.45, 7) is 5.61. The number of aromatic nitrogens is 2. The first-order valence-electron chi connectivity index (χ1n) is 11.5. The van der Waals surface area contributed by atoms with Crippen molar-refractivity contribution in [2.24, 2.45) is 0 Å². The Morgan fingerprint density at radius 2 is 1.79 bits per heavy atom. The van der Waals surface area contributed by atoms with E-state index in [2.05, 4.69) is 4.90 Å². The van der Waals surface area contributed by atoms with Crippen LogP contribution in [-0.2, 0) is 4.79 Å². The molecule has 0 aliphatic carbocycles. The van der Waals surface area contributed by atoms with E-state index in [-0.39, 0.29) is 17.5 Å². The minimum atomic E-state index is -0.195. The van der Waals surface area contributed by atoms with Gasteiger partial charge in [0.25, 0.3) is 11.5 Å². The number of thioether (sulfide) groups is 1. The molecule has 3 aromatic rings. The van der Waals surface area contributed by atoms with E-state index in [0.717, 1.165) is 37.1 Å². The summed E-state index contributed by atoms with van der Waals surface area (Å²) in [6, 6.07) is 13.5. The minimum absolute atomic E-state index is 0.171. The number of amides is 1. The number of piperidine rings is 1. The lowest BCUT2D eigenvalue weighted by Crippen LogP contribution is -2.34. The second-order valence-corrected chi connectivity index (χ2v) is 10.5. The number of nitrogens with zero attached hydrogens (tertiary/aromatic N) is 4. The summed E-state index contributed by atoms with van der Waals surface area (Å²) in [5.41, 5.74) is 2.86. The van der Waals surface area contributed by atoms with Crippen LogP contribution in [0.4, 0.5) is 5.82 Å².